The number of carbonyl (C=O) groups is 1. The minimum Gasteiger partial charge on any atom is -0.479 e. The lowest BCUT2D eigenvalue weighted by molar-refractivity contribution is -0.137. The third-order valence-corrected chi connectivity index (χ3v) is 1.75. The molecule has 0 amide bonds. The molecule has 1 rings (SSSR count). The van der Waals surface area contributed by atoms with Crippen molar-refractivity contribution in [3.05, 3.63) is 11.3 Å². The molecule has 1 aliphatic heterocycles. The topological polar surface area (TPSA) is 126 Å². The van der Waals surface area contributed by atoms with Gasteiger partial charge in [-0.15, -0.1) is 0 Å². The zero-order valence-electron chi connectivity index (χ0n) is 8.08. The van der Waals surface area contributed by atoms with E-state index >= 15 is 0 Å². The molecule has 17 heavy (non-hydrogen) atoms. The molecule has 0 fully saturated rings. The molecule has 0 saturated heterocycles. The number of hydrogen-bond donors (Lipinski definition) is 1. The van der Waals surface area contributed by atoms with E-state index in [1.165, 1.54) is 11.9 Å². The summed E-state index contributed by atoms with van der Waals surface area (Å²) < 4.78 is 0. The first kappa shape index (κ1) is 12.2. The second-order valence-electron chi connectivity index (χ2n) is 2.65. The van der Waals surface area contributed by atoms with Gasteiger partial charge in [0.1, 0.15) is 23.6 Å². The number of aliphatic imine (C=N–C) groups is 3. The fraction of sp³-hybridized carbons (Fsp3) is 0.111. The number of nitrogens with zero attached hydrogens (tertiary/aromatic N) is 3. The summed E-state index contributed by atoms with van der Waals surface area (Å²) in [5, 5.41) is 8.75. The number of carboxylic acid groups (broad SMARTS) is 1. The van der Waals surface area contributed by atoms with Crippen LogP contribution >= 0.6 is 0 Å². The van der Waals surface area contributed by atoms with Gasteiger partial charge < -0.3 is 5.11 Å². The van der Waals surface area contributed by atoms with Crippen LogP contribution in [-0.2, 0) is 19.2 Å². The van der Waals surface area contributed by atoms with Crippen LogP contribution in [0, 0.1) is 0 Å². The van der Waals surface area contributed by atoms with E-state index in [9.17, 15) is 19.2 Å². The maximum absolute atomic E-state index is 10.8. The van der Waals surface area contributed by atoms with E-state index in [0.29, 0.717) is 0 Å². The Balaban J connectivity index is 3.27. The second kappa shape index (κ2) is 5.25. The molecule has 84 valence electrons. The van der Waals surface area contributed by atoms with Crippen molar-refractivity contribution in [1.29, 1.82) is 0 Å². The molecule has 0 aromatic carbocycles. The summed E-state index contributed by atoms with van der Waals surface area (Å²) in [6.45, 7) is 0. The first-order chi connectivity index (χ1) is 8.15. The van der Waals surface area contributed by atoms with Gasteiger partial charge in [-0.1, -0.05) is 0 Å². The Bertz CT molecular complexity index is 567. The Morgan fingerprint density at radius 1 is 1.41 bits per heavy atom. The number of allylic oxidation sites excluding steroid dienone is 1. The summed E-state index contributed by atoms with van der Waals surface area (Å²) in [5.74, 6) is 1.07. The third-order valence-electron chi connectivity index (χ3n) is 1.75. The molecule has 8 heteroatoms. The predicted octanol–water partition coefficient (Wildman–Crippen LogP) is -1.27. The molecule has 0 spiro atoms. The Kier molecular flexibility index (Phi) is 3.76. The van der Waals surface area contributed by atoms with Crippen molar-refractivity contribution < 1.29 is 24.3 Å². The Labute approximate surface area is 93.4 Å². The molecule has 1 aliphatic rings. The van der Waals surface area contributed by atoms with E-state index in [1.54, 1.807) is 0 Å². The molecule has 0 aliphatic carbocycles. The van der Waals surface area contributed by atoms with Crippen LogP contribution in [0.1, 0.15) is 0 Å². The van der Waals surface area contributed by atoms with Gasteiger partial charge in [0.2, 0.25) is 6.08 Å². The van der Waals surface area contributed by atoms with Crippen molar-refractivity contribution in [3.63, 3.8) is 0 Å². The van der Waals surface area contributed by atoms with E-state index in [4.69, 9.17) is 5.11 Å². The highest BCUT2D eigenvalue weighted by molar-refractivity contribution is 6.26. The summed E-state index contributed by atoms with van der Waals surface area (Å²) in [6.07, 6.45) is 1.95. The Hall–Kier alpha value is -2.91. The molecule has 1 heterocycles. The van der Waals surface area contributed by atoms with Crippen LogP contribution in [0.4, 0.5) is 0 Å². The number of carboxylic acids is 1. The highest BCUT2D eigenvalue weighted by Crippen LogP contribution is 2.15. The minimum atomic E-state index is -1.83. The van der Waals surface area contributed by atoms with Gasteiger partial charge in [0.25, 0.3) is 0 Å². The first-order valence-electron chi connectivity index (χ1n) is 4.06. The first-order valence-corrected chi connectivity index (χ1v) is 4.06. The van der Waals surface area contributed by atoms with Crippen molar-refractivity contribution in [1.82, 2.24) is 0 Å². The van der Waals surface area contributed by atoms with Gasteiger partial charge >= 0.3 is 5.97 Å². The lowest BCUT2D eigenvalue weighted by Gasteiger charge is -2.05. The van der Waals surface area contributed by atoms with Crippen LogP contribution in [0.3, 0.4) is 0 Å². The van der Waals surface area contributed by atoms with Crippen molar-refractivity contribution in [2.24, 2.45) is 15.0 Å². The van der Waals surface area contributed by atoms with Gasteiger partial charge in [-0.25, -0.2) is 29.2 Å². The van der Waals surface area contributed by atoms with Gasteiger partial charge in [-0.2, -0.15) is 4.99 Å². The molecular weight excluding hydrogens is 230 g/mol. The molecule has 0 saturated carbocycles. The summed E-state index contributed by atoms with van der Waals surface area (Å²) in [5.41, 5.74) is -1.26. The molecule has 8 nitrogen and oxygen atoms in total. The summed E-state index contributed by atoms with van der Waals surface area (Å²) >= 11 is 0. The lowest BCUT2D eigenvalue weighted by atomic mass is 10.0. The smallest absolute Gasteiger partial charge is 0.334 e. The lowest BCUT2D eigenvalue weighted by Crippen LogP contribution is -2.26. The van der Waals surface area contributed by atoms with Crippen LogP contribution in [0.15, 0.2) is 26.2 Å². The number of rotatable bonds is 4. The van der Waals surface area contributed by atoms with Gasteiger partial charge in [-0.3, -0.25) is 0 Å². The summed E-state index contributed by atoms with van der Waals surface area (Å²) in [4.78, 5) is 51.8. The van der Waals surface area contributed by atoms with Crippen LogP contribution in [0.25, 0.3) is 0 Å². The minimum absolute atomic E-state index is 0.318. The summed E-state index contributed by atoms with van der Waals surface area (Å²) in [7, 11) is 0. The van der Waals surface area contributed by atoms with Crippen molar-refractivity contribution in [3.8, 4) is 0 Å². The molecular formula is C9H3N3O5. The Morgan fingerprint density at radius 3 is 2.59 bits per heavy atom. The highest BCUT2D eigenvalue weighted by Gasteiger charge is 2.30. The molecule has 0 bridgehead atoms. The molecule has 1 N–H and O–H groups in total. The summed E-state index contributed by atoms with van der Waals surface area (Å²) in [6, 6.07) is -1.83. The van der Waals surface area contributed by atoms with E-state index in [1.807, 2.05) is 0 Å². The molecule has 0 unspecified atom stereocenters. The third kappa shape index (κ3) is 2.37. The maximum atomic E-state index is 10.8. The van der Waals surface area contributed by atoms with Crippen LogP contribution in [-0.4, -0.2) is 47.1 Å². The number of carbonyl (C=O) groups excluding carboxylic acids is 3. The Morgan fingerprint density at radius 2 is 2.12 bits per heavy atom. The zero-order chi connectivity index (χ0) is 12.8. The van der Waals surface area contributed by atoms with Crippen molar-refractivity contribution >= 4 is 36.0 Å². The van der Waals surface area contributed by atoms with Crippen LogP contribution < -0.4 is 0 Å². The predicted molar refractivity (Wildman–Crippen MR) is 53.9 cm³/mol. The largest absolute Gasteiger partial charge is 0.479 e. The number of aliphatic carboxylic acids is 1. The van der Waals surface area contributed by atoms with Gasteiger partial charge in [0.15, 0.2) is 17.7 Å². The molecule has 0 radical (unpaired) electrons. The highest BCUT2D eigenvalue weighted by atomic mass is 16.4. The number of hydrogen-bond acceptors (Lipinski definition) is 7. The quantitative estimate of drug-likeness (QED) is 0.368. The van der Waals surface area contributed by atoms with Crippen molar-refractivity contribution in [2.45, 2.75) is 6.04 Å². The van der Waals surface area contributed by atoms with Gasteiger partial charge in [0.05, 0.1) is 0 Å². The van der Waals surface area contributed by atoms with Crippen molar-refractivity contribution in [2.75, 3.05) is 0 Å². The second-order valence-corrected chi connectivity index (χ2v) is 2.65. The van der Waals surface area contributed by atoms with Crippen LogP contribution in [0.5, 0.6) is 0 Å². The standard InChI is InChI=1S/C9H3N3O5/c13-1-5(8(9(16)17)12-4-15)7-6(2-14)10-3-11-7/h3,8H,(H,16,17)/t8-/m0/s1. The van der Waals surface area contributed by atoms with Crippen LogP contribution in [0.2, 0.25) is 0 Å². The normalized spacial score (nSPS) is 14.1. The molecule has 1 atom stereocenters. The van der Waals surface area contributed by atoms with E-state index in [2.05, 4.69) is 15.0 Å². The monoisotopic (exact) mass is 233 g/mol. The molecule has 0 aromatic rings. The van der Waals surface area contributed by atoms with E-state index in [0.717, 1.165) is 12.4 Å². The SMILES string of the molecule is O=C=N[C@H](C(=O)O)C(=C=O)C1=NC=NC1=C=O. The molecule has 0 aromatic heterocycles. The fourth-order valence-corrected chi connectivity index (χ4v) is 1.07. The van der Waals surface area contributed by atoms with E-state index < -0.39 is 17.6 Å². The van der Waals surface area contributed by atoms with E-state index in [-0.39, 0.29) is 11.4 Å². The van der Waals surface area contributed by atoms with Gasteiger partial charge in [0, 0.05) is 0 Å². The zero-order valence-corrected chi connectivity index (χ0v) is 8.08. The average Bonchev–Trinajstić information content (AvgIpc) is 2.77. The maximum Gasteiger partial charge on any atom is 0.334 e. The average molecular weight is 233 g/mol. The van der Waals surface area contributed by atoms with Gasteiger partial charge in [-0.05, 0) is 0 Å². The number of isocyanates is 1. The fourth-order valence-electron chi connectivity index (χ4n) is 1.07.